The fourth-order valence-corrected chi connectivity index (χ4v) is 3.44. The van der Waals surface area contributed by atoms with Gasteiger partial charge in [0.1, 0.15) is 5.75 Å². The van der Waals surface area contributed by atoms with E-state index < -0.39 is 0 Å². The molecule has 112 valence electrons. The van der Waals surface area contributed by atoms with Crippen molar-refractivity contribution in [1.82, 2.24) is 0 Å². The molecule has 2 aromatic carbocycles. The summed E-state index contributed by atoms with van der Waals surface area (Å²) in [6.07, 6.45) is 4.93. The van der Waals surface area contributed by atoms with Crippen LogP contribution in [-0.2, 0) is 11.2 Å². The minimum Gasteiger partial charge on any atom is -0.493 e. The molecule has 0 aromatic heterocycles. The van der Waals surface area contributed by atoms with Gasteiger partial charge in [0, 0.05) is 8.96 Å². The van der Waals surface area contributed by atoms with Crippen LogP contribution in [0.15, 0.2) is 30.3 Å². The SMILES string of the molecule is CCCCOc1cc(CC[C@@H]2CO2)c(I)c2ccccc12. The highest BCUT2D eigenvalue weighted by molar-refractivity contribution is 14.1. The maximum Gasteiger partial charge on any atom is 0.127 e. The second kappa shape index (κ2) is 6.97. The van der Waals surface area contributed by atoms with Gasteiger partial charge in [-0.15, -0.1) is 0 Å². The minimum absolute atomic E-state index is 0.483. The van der Waals surface area contributed by atoms with Crippen molar-refractivity contribution in [1.29, 1.82) is 0 Å². The predicted molar refractivity (Wildman–Crippen MR) is 95.1 cm³/mol. The van der Waals surface area contributed by atoms with Crippen molar-refractivity contribution in [2.45, 2.75) is 38.7 Å². The zero-order valence-electron chi connectivity index (χ0n) is 12.4. The van der Waals surface area contributed by atoms with E-state index >= 15 is 0 Å². The van der Waals surface area contributed by atoms with Crippen LogP contribution in [0.4, 0.5) is 0 Å². The summed E-state index contributed by atoms with van der Waals surface area (Å²) >= 11 is 2.47. The average molecular weight is 396 g/mol. The number of rotatable bonds is 7. The number of halogens is 1. The Morgan fingerprint density at radius 2 is 2.05 bits per heavy atom. The normalized spacial score (nSPS) is 17.1. The molecule has 3 heteroatoms. The molecule has 3 rings (SSSR count). The number of epoxide rings is 1. The van der Waals surface area contributed by atoms with Crippen molar-refractivity contribution in [2.24, 2.45) is 0 Å². The number of unbranched alkanes of at least 4 members (excludes halogenated alkanes) is 1. The van der Waals surface area contributed by atoms with E-state index in [2.05, 4.69) is 59.8 Å². The summed E-state index contributed by atoms with van der Waals surface area (Å²) in [6, 6.07) is 10.8. The average Bonchev–Trinajstić information content (AvgIpc) is 3.33. The molecule has 2 nitrogen and oxygen atoms in total. The van der Waals surface area contributed by atoms with Crippen molar-refractivity contribution < 1.29 is 9.47 Å². The van der Waals surface area contributed by atoms with E-state index in [0.717, 1.165) is 44.6 Å². The van der Waals surface area contributed by atoms with E-state index in [-0.39, 0.29) is 0 Å². The second-order valence-corrected chi connectivity index (χ2v) is 6.67. The maximum atomic E-state index is 6.04. The molecule has 0 N–H and O–H groups in total. The van der Waals surface area contributed by atoms with Gasteiger partial charge in [-0.05, 0) is 58.9 Å². The molecule has 1 fully saturated rings. The summed E-state index contributed by atoms with van der Waals surface area (Å²) in [5.41, 5.74) is 1.39. The lowest BCUT2D eigenvalue weighted by Crippen LogP contribution is -2.01. The molecule has 1 aliphatic rings. The Morgan fingerprint density at radius 3 is 2.76 bits per heavy atom. The Balaban J connectivity index is 1.91. The van der Waals surface area contributed by atoms with Gasteiger partial charge in [0.25, 0.3) is 0 Å². The van der Waals surface area contributed by atoms with Crippen LogP contribution >= 0.6 is 22.6 Å². The van der Waals surface area contributed by atoms with Crippen LogP contribution in [0.5, 0.6) is 5.75 Å². The summed E-state index contributed by atoms with van der Waals surface area (Å²) in [5, 5.41) is 2.53. The third kappa shape index (κ3) is 3.69. The van der Waals surface area contributed by atoms with E-state index in [9.17, 15) is 0 Å². The molecule has 2 aromatic rings. The maximum absolute atomic E-state index is 6.04. The molecule has 0 saturated carbocycles. The van der Waals surface area contributed by atoms with Gasteiger partial charge in [0.15, 0.2) is 0 Å². The van der Waals surface area contributed by atoms with Crippen LogP contribution in [0.3, 0.4) is 0 Å². The smallest absolute Gasteiger partial charge is 0.127 e. The number of benzene rings is 2. The highest BCUT2D eigenvalue weighted by Crippen LogP contribution is 2.34. The first kappa shape index (κ1) is 15.1. The van der Waals surface area contributed by atoms with Gasteiger partial charge in [-0.25, -0.2) is 0 Å². The Hall–Kier alpha value is -0.810. The van der Waals surface area contributed by atoms with Gasteiger partial charge < -0.3 is 9.47 Å². The number of hydrogen-bond acceptors (Lipinski definition) is 2. The van der Waals surface area contributed by atoms with Crippen LogP contribution in [0.2, 0.25) is 0 Å². The Kier molecular flexibility index (Phi) is 5.01. The molecule has 0 aliphatic carbocycles. The third-order valence-corrected chi connectivity index (χ3v) is 5.18. The number of aryl methyl sites for hydroxylation is 1. The second-order valence-electron chi connectivity index (χ2n) is 5.59. The summed E-state index contributed by atoms with van der Waals surface area (Å²) < 4.78 is 12.7. The molecule has 0 spiro atoms. The molecule has 0 unspecified atom stereocenters. The summed E-state index contributed by atoms with van der Waals surface area (Å²) in [6.45, 7) is 3.92. The van der Waals surface area contributed by atoms with Crippen molar-refractivity contribution in [3.63, 3.8) is 0 Å². The monoisotopic (exact) mass is 396 g/mol. The lowest BCUT2D eigenvalue weighted by molar-refractivity contribution is 0.312. The molecule has 0 amide bonds. The first-order valence-electron chi connectivity index (χ1n) is 7.74. The highest BCUT2D eigenvalue weighted by atomic mass is 127. The van der Waals surface area contributed by atoms with Gasteiger partial charge in [-0.1, -0.05) is 37.6 Å². The molecular weight excluding hydrogens is 375 g/mol. The van der Waals surface area contributed by atoms with Gasteiger partial charge >= 0.3 is 0 Å². The van der Waals surface area contributed by atoms with E-state index in [1.54, 1.807) is 0 Å². The summed E-state index contributed by atoms with van der Waals surface area (Å²) in [7, 11) is 0. The van der Waals surface area contributed by atoms with Crippen LogP contribution in [0.1, 0.15) is 31.7 Å². The van der Waals surface area contributed by atoms with Crippen molar-refractivity contribution in [2.75, 3.05) is 13.2 Å². The van der Waals surface area contributed by atoms with E-state index in [4.69, 9.17) is 9.47 Å². The molecule has 1 saturated heterocycles. The fraction of sp³-hybridized carbons (Fsp3) is 0.444. The molecule has 1 heterocycles. The minimum atomic E-state index is 0.483. The molecule has 21 heavy (non-hydrogen) atoms. The first-order chi connectivity index (χ1) is 10.3. The lowest BCUT2D eigenvalue weighted by Gasteiger charge is -2.14. The van der Waals surface area contributed by atoms with E-state index in [0.29, 0.717) is 6.10 Å². The highest BCUT2D eigenvalue weighted by Gasteiger charge is 2.22. The summed E-state index contributed by atoms with van der Waals surface area (Å²) in [4.78, 5) is 0. The number of ether oxygens (including phenoxy) is 2. The molecule has 0 bridgehead atoms. The number of hydrogen-bond donors (Lipinski definition) is 0. The zero-order chi connectivity index (χ0) is 14.7. The fourth-order valence-electron chi connectivity index (χ4n) is 2.54. The molecule has 1 aliphatic heterocycles. The third-order valence-electron chi connectivity index (χ3n) is 3.91. The van der Waals surface area contributed by atoms with Crippen LogP contribution in [-0.4, -0.2) is 19.3 Å². The van der Waals surface area contributed by atoms with E-state index in [1.165, 1.54) is 19.9 Å². The number of fused-ring (bicyclic) bond motifs is 1. The summed E-state index contributed by atoms with van der Waals surface area (Å²) in [5.74, 6) is 1.03. The Labute approximate surface area is 140 Å². The van der Waals surface area contributed by atoms with Gasteiger partial charge in [-0.3, -0.25) is 0 Å². The predicted octanol–water partition coefficient (Wildman–Crippen LogP) is 4.95. The van der Waals surface area contributed by atoms with Crippen LogP contribution in [0, 0.1) is 3.57 Å². The quantitative estimate of drug-likeness (QED) is 0.375. The molecular formula is C18H21IO2. The largest absolute Gasteiger partial charge is 0.493 e. The Bertz CT molecular complexity index is 620. The van der Waals surface area contributed by atoms with Crippen molar-refractivity contribution in [3.8, 4) is 5.75 Å². The van der Waals surface area contributed by atoms with Crippen LogP contribution in [0.25, 0.3) is 10.8 Å². The molecule has 1 atom stereocenters. The van der Waals surface area contributed by atoms with Crippen LogP contribution < -0.4 is 4.74 Å². The standard InChI is InChI=1S/C18H21IO2/c1-2-3-10-20-17-11-13(8-9-14-12-21-14)18(19)16-7-5-4-6-15(16)17/h4-7,11,14H,2-3,8-10,12H2,1H3/t14-/m1/s1. The zero-order valence-corrected chi connectivity index (χ0v) is 14.6. The Morgan fingerprint density at radius 1 is 1.29 bits per heavy atom. The lowest BCUT2D eigenvalue weighted by atomic mass is 10.0. The van der Waals surface area contributed by atoms with Crippen molar-refractivity contribution in [3.05, 3.63) is 39.5 Å². The van der Waals surface area contributed by atoms with Gasteiger partial charge in [0.2, 0.25) is 0 Å². The van der Waals surface area contributed by atoms with Crippen molar-refractivity contribution >= 4 is 33.4 Å². The van der Waals surface area contributed by atoms with Gasteiger partial charge in [-0.2, -0.15) is 0 Å². The topological polar surface area (TPSA) is 21.8 Å². The van der Waals surface area contributed by atoms with E-state index in [1.807, 2.05) is 0 Å². The first-order valence-corrected chi connectivity index (χ1v) is 8.82. The molecule has 0 radical (unpaired) electrons. The van der Waals surface area contributed by atoms with Gasteiger partial charge in [0.05, 0.1) is 19.3 Å².